The van der Waals surface area contributed by atoms with E-state index in [0.29, 0.717) is 24.9 Å². The molecule has 0 aromatic heterocycles. The number of aryl methyl sites for hydroxylation is 1. The molecule has 1 aliphatic carbocycles. The van der Waals surface area contributed by atoms with E-state index in [2.05, 4.69) is 5.32 Å². The summed E-state index contributed by atoms with van der Waals surface area (Å²) in [5.41, 5.74) is 6.71. The van der Waals surface area contributed by atoms with Crippen LogP contribution in [0.15, 0.2) is 18.2 Å². The Labute approximate surface area is 118 Å². The van der Waals surface area contributed by atoms with Gasteiger partial charge in [0, 0.05) is 17.8 Å². The van der Waals surface area contributed by atoms with Crippen LogP contribution < -0.4 is 11.1 Å². The Hall–Kier alpha value is -2.04. The van der Waals surface area contributed by atoms with Gasteiger partial charge in [0.2, 0.25) is 5.91 Å². The molecule has 5 nitrogen and oxygen atoms in total. The highest BCUT2D eigenvalue weighted by molar-refractivity contribution is 5.94. The van der Waals surface area contributed by atoms with Crippen LogP contribution in [0.2, 0.25) is 0 Å². The summed E-state index contributed by atoms with van der Waals surface area (Å²) in [5.74, 6) is -1.18. The number of anilines is 1. The standard InChI is InChI=1S/C15H20N2O3/c1-10-8-11(4-5-12(10)13(16)18)17-9-15(14(19)20)6-2-3-7-15/h4-5,8,17H,2-3,6-7,9H2,1H3,(H2,16,18)(H,19,20). The molecular weight excluding hydrogens is 256 g/mol. The fourth-order valence-electron chi connectivity index (χ4n) is 2.84. The van der Waals surface area contributed by atoms with E-state index < -0.39 is 17.3 Å². The minimum atomic E-state index is -0.729. The molecule has 0 heterocycles. The van der Waals surface area contributed by atoms with Gasteiger partial charge in [-0.25, -0.2) is 0 Å². The van der Waals surface area contributed by atoms with E-state index in [1.54, 1.807) is 12.1 Å². The van der Waals surface area contributed by atoms with Crippen molar-refractivity contribution in [3.05, 3.63) is 29.3 Å². The van der Waals surface area contributed by atoms with Gasteiger partial charge in [0.25, 0.3) is 0 Å². The zero-order valence-corrected chi connectivity index (χ0v) is 11.6. The molecule has 1 aromatic rings. The normalized spacial score (nSPS) is 16.9. The summed E-state index contributed by atoms with van der Waals surface area (Å²) in [7, 11) is 0. The van der Waals surface area contributed by atoms with Gasteiger partial charge in [-0.2, -0.15) is 0 Å². The van der Waals surface area contributed by atoms with Crippen LogP contribution in [-0.2, 0) is 4.79 Å². The quantitative estimate of drug-likeness (QED) is 0.768. The summed E-state index contributed by atoms with van der Waals surface area (Å²) in [5, 5.41) is 12.6. The Morgan fingerprint density at radius 2 is 2.00 bits per heavy atom. The lowest BCUT2D eigenvalue weighted by molar-refractivity contribution is -0.147. The summed E-state index contributed by atoms with van der Waals surface area (Å²) in [4.78, 5) is 22.6. The van der Waals surface area contributed by atoms with E-state index in [-0.39, 0.29) is 0 Å². The fourth-order valence-corrected chi connectivity index (χ4v) is 2.84. The van der Waals surface area contributed by atoms with Gasteiger partial charge in [0.05, 0.1) is 5.41 Å². The summed E-state index contributed by atoms with van der Waals surface area (Å²) >= 11 is 0. The van der Waals surface area contributed by atoms with Gasteiger partial charge in [-0.05, 0) is 43.5 Å². The molecule has 0 radical (unpaired) electrons. The van der Waals surface area contributed by atoms with Crippen LogP contribution in [-0.4, -0.2) is 23.5 Å². The number of rotatable bonds is 5. The van der Waals surface area contributed by atoms with E-state index in [9.17, 15) is 14.7 Å². The van der Waals surface area contributed by atoms with Crippen LogP contribution in [0.3, 0.4) is 0 Å². The average Bonchev–Trinajstić information content (AvgIpc) is 2.86. The predicted octanol–water partition coefficient (Wildman–Crippen LogP) is 2.15. The van der Waals surface area contributed by atoms with Crippen LogP contribution in [0.1, 0.15) is 41.6 Å². The van der Waals surface area contributed by atoms with Gasteiger partial charge in [0.15, 0.2) is 0 Å². The molecule has 1 aliphatic rings. The van der Waals surface area contributed by atoms with E-state index in [0.717, 1.165) is 24.1 Å². The Kier molecular flexibility index (Phi) is 3.97. The molecule has 0 spiro atoms. The van der Waals surface area contributed by atoms with Gasteiger partial charge in [-0.1, -0.05) is 12.8 Å². The van der Waals surface area contributed by atoms with Gasteiger partial charge in [-0.15, -0.1) is 0 Å². The van der Waals surface area contributed by atoms with E-state index >= 15 is 0 Å². The van der Waals surface area contributed by atoms with Crippen molar-refractivity contribution in [1.82, 2.24) is 0 Å². The second kappa shape index (κ2) is 5.53. The summed E-state index contributed by atoms with van der Waals surface area (Å²) < 4.78 is 0. The summed E-state index contributed by atoms with van der Waals surface area (Å²) in [6, 6.07) is 5.25. The lowest BCUT2D eigenvalue weighted by atomic mass is 9.86. The van der Waals surface area contributed by atoms with Crippen molar-refractivity contribution in [1.29, 1.82) is 0 Å². The third-order valence-electron chi connectivity index (χ3n) is 4.14. The molecule has 4 N–H and O–H groups in total. The second-order valence-corrected chi connectivity index (χ2v) is 5.54. The monoisotopic (exact) mass is 276 g/mol. The molecule has 0 bridgehead atoms. The van der Waals surface area contributed by atoms with Crippen LogP contribution in [0, 0.1) is 12.3 Å². The molecule has 1 amide bonds. The molecule has 0 saturated heterocycles. The number of primary amides is 1. The first-order valence-electron chi connectivity index (χ1n) is 6.82. The highest BCUT2D eigenvalue weighted by Gasteiger charge is 2.40. The van der Waals surface area contributed by atoms with E-state index in [4.69, 9.17) is 5.73 Å². The zero-order valence-electron chi connectivity index (χ0n) is 11.6. The number of nitrogens with one attached hydrogen (secondary N) is 1. The minimum absolute atomic E-state index is 0.414. The minimum Gasteiger partial charge on any atom is -0.481 e. The number of hydrogen-bond donors (Lipinski definition) is 3. The lowest BCUT2D eigenvalue weighted by Gasteiger charge is -2.24. The van der Waals surface area contributed by atoms with Crippen molar-refractivity contribution in [2.45, 2.75) is 32.6 Å². The maximum Gasteiger partial charge on any atom is 0.311 e. The Balaban J connectivity index is 2.09. The van der Waals surface area contributed by atoms with Gasteiger partial charge in [-0.3, -0.25) is 9.59 Å². The largest absolute Gasteiger partial charge is 0.481 e. The number of carbonyl (C=O) groups is 2. The number of nitrogens with two attached hydrogens (primary N) is 1. The van der Waals surface area contributed by atoms with Gasteiger partial charge < -0.3 is 16.2 Å². The molecular formula is C15H20N2O3. The highest BCUT2D eigenvalue weighted by Crippen LogP contribution is 2.38. The molecule has 0 unspecified atom stereocenters. The molecule has 1 saturated carbocycles. The van der Waals surface area contributed by atoms with Crippen LogP contribution in [0.4, 0.5) is 5.69 Å². The number of carbonyl (C=O) groups excluding carboxylic acids is 1. The lowest BCUT2D eigenvalue weighted by Crippen LogP contribution is -2.35. The third-order valence-corrected chi connectivity index (χ3v) is 4.14. The molecule has 1 fully saturated rings. The number of benzene rings is 1. The van der Waals surface area contributed by atoms with Gasteiger partial charge in [0.1, 0.15) is 0 Å². The molecule has 0 atom stereocenters. The van der Waals surface area contributed by atoms with Crippen LogP contribution >= 0.6 is 0 Å². The zero-order chi connectivity index (χ0) is 14.8. The Morgan fingerprint density at radius 1 is 1.35 bits per heavy atom. The summed E-state index contributed by atoms with van der Waals surface area (Å²) in [6.07, 6.45) is 3.36. The molecule has 0 aliphatic heterocycles. The highest BCUT2D eigenvalue weighted by atomic mass is 16.4. The Morgan fingerprint density at radius 3 is 2.50 bits per heavy atom. The first-order chi connectivity index (χ1) is 9.44. The number of hydrogen-bond acceptors (Lipinski definition) is 3. The number of carboxylic acids is 1. The molecule has 108 valence electrons. The van der Waals surface area contributed by atoms with Crippen molar-refractivity contribution >= 4 is 17.6 Å². The Bertz CT molecular complexity index is 534. The van der Waals surface area contributed by atoms with Crippen molar-refractivity contribution in [3.63, 3.8) is 0 Å². The second-order valence-electron chi connectivity index (χ2n) is 5.54. The maximum absolute atomic E-state index is 11.5. The number of amides is 1. The predicted molar refractivity (Wildman–Crippen MR) is 76.7 cm³/mol. The van der Waals surface area contributed by atoms with Crippen molar-refractivity contribution in [2.75, 3.05) is 11.9 Å². The average molecular weight is 276 g/mol. The van der Waals surface area contributed by atoms with Crippen LogP contribution in [0.5, 0.6) is 0 Å². The van der Waals surface area contributed by atoms with E-state index in [1.165, 1.54) is 0 Å². The SMILES string of the molecule is Cc1cc(NCC2(C(=O)O)CCCC2)ccc1C(N)=O. The topological polar surface area (TPSA) is 92.4 Å². The smallest absolute Gasteiger partial charge is 0.311 e. The molecule has 2 rings (SSSR count). The fraction of sp³-hybridized carbons (Fsp3) is 0.467. The van der Waals surface area contributed by atoms with Crippen molar-refractivity contribution < 1.29 is 14.7 Å². The molecule has 1 aromatic carbocycles. The van der Waals surface area contributed by atoms with Crippen molar-refractivity contribution in [2.24, 2.45) is 11.1 Å². The number of carboxylic acid groups (broad SMARTS) is 1. The first kappa shape index (κ1) is 14.4. The van der Waals surface area contributed by atoms with Crippen molar-refractivity contribution in [3.8, 4) is 0 Å². The van der Waals surface area contributed by atoms with E-state index in [1.807, 2.05) is 13.0 Å². The third kappa shape index (κ3) is 2.76. The van der Waals surface area contributed by atoms with Crippen LogP contribution in [0.25, 0.3) is 0 Å². The molecule has 20 heavy (non-hydrogen) atoms. The molecule has 5 heteroatoms. The first-order valence-corrected chi connectivity index (χ1v) is 6.82. The number of aliphatic carboxylic acids is 1. The van der Waals surface area contributed by atoms with Gasteiger partial charge >= 0.3 is 5.97 Å². The maximum atomic E-state index is 11.5. The summed E-state index contributed by atoms with van der Waals surface area (Å²) in [6.45, 7) is 2.23.